The highest BCUT2D eigenvalue weighted by Gasteiger charge is 2.15. The second kappa shape index (κ2) is 20.0. The Morgan fingerprint density at radius 3 is 2.26 bits per heavy atom. The van der Waals surface area contributed by atoms with Gasteiger partial charge in [0.2, 0.25) is 5.91 Å². The molecule has 1 heterocycles. The molecule has 1 aromatic heterocycles. The number of halogens is 2. The molecule has 3 N–H and O–H groups in total. The van der Waals surface area contributed by atoms with E-state index < -0.39 is 10.1 Å². The number of thioether (sulfide) groups is 1. The molecule has 11 nitrogen and oxygen atoms in total. The van der Waals surface area contributed by atoms with Crippen molar-refractivity contribution in [2.24, 2.45) is 10.2 Å². The van der Waals surface area contributed by atoms with Crippen LogP contribution in [0.3, 0.4) is 0 Å². The smallest absolute Gasteiger partial charge is 0.294 e. The van der Waals surface area contributed by atoms with Crippen LogP contribution in [0.15, 0.2) is 129 Å². The zero-order valence-corrected chi connectivity index (χ0v) is 32.1. The lowest BCUT2D eigenvalue weighted by molar-refractivity contribution is -0.121. The Morgan fingerprint density at radius 2 is 1.52 bits per heavy atom. The van der Waals surface area contributed by atoms with E-state index >= 15 is 0 Å². The molecule has 5 aromatic rings. The van der Waals surface area contributed by atoms with Crippen molar-refractivity contribution in [1.82, 2.24) is 15.6 Å². The first-order chi connectivity index (χ1) is 26.1. The molecule has 280 valence electrons. The molecule has 54 heavy (non-hydrogen) atoms. The third kappa shape index (κ3) is 12.4. The van der Waals surface area contributed by atoms with Gasteiger partial charge in [-0.1, -0.05) is 77.8 Å². The van der Waals surface area contributed by atoms with Gasteiger partial charge in [0, 0.05) is 48.6 Å². The van der Waals surface area contributed by atoms with Gasteiger partial charge < -0.3 is 15.4 Å². The van der Waals surface area contributed by atoms with Crippen molar-refractivity contribution in [1.29, 1.82) is 0 Å². The number of carbonyl (C=O) groups excluding carboxylic acids is 2. The van der Waals surface area contributed by atoms with Crippen molar-refractivity contribution < 1.29 is 27.3 Å². The Bertz CT molecular complexity index is 2170. The Kier molecular flexibility index (Phi) is 15.0. The fourth-order valence-electron chi connectivity index (χ4n) is 5.17. The summed E-state index contributed by atoms with van der Waals surface area (Å²) in [6.45, 7) is 0.832. The monoisotopic (exact) mass is 805 g/mol. The maximum atomic E-state index is 12.8. The predicted octanol–water partition coefficient (Wildman–Crippen LogP) is 8.31. The predicted molar refractivity (Wildman–Crippen MR) is 210 cm³/mol. The summed E-state index contributed by atoms with van der Waals surface area (Å²) >= 11 is 14.2. The van der Waals surface area contributed by atoms with Crippen molar-refractivity contribution in [2.75, 3.05) is 19.7 Å². The van der Waals surface area contributed by atoms with Crippen molar-refractivity contribution in [2.45, 2.75) is 41.4 Å². The molecule has 15 heteroatoms. The maximum Gasteiger partial charge on any atom is 0.294 e. The average Bonchev–Trinajstić information content (AvgIpc) is 3.16. The number of aryl methyl sites for hydroxylation is 1. The standard InChI is InChI=1S/C39H37Cl2N5O6S2/c40-32-10-6-11-33(41)38(32)53-26-31-17-19-35(52-24-21-27-7-2-1-3-8-27)34(45-31)18-20-37(47)42-22-23-43-39(48)28-13-15-30(16-14-28)46-44-25-29-9-4-5-12-36(29)54(49,50)51/h1-17,19H,18,20-26H2,(H,42,47)(H,43,48)(H,49,50,51). The molecule has 0 bridgehead atoms. The molecule has 0 spiro atoms. The molecule has 5 rings (SSSR count). The molecular formula is C39H37Cl2N5O6S2. The van der Waals surface area contributed by atoms with Crippen LogP contribution in [0, 0.1) is 0 Å². The van der Waals surface area contributed by atoms with Crippen LogP contribution in [0.25, 0.3) is 0 Å². The van der Waals surface area contributed by atoms with Crippen LogP contribution in [0.2, 0.25) is 10.0 Å². The summed E-state index contributed by atoms with van der Waals surface area (Å²) < 4.78 is 38.7. The molecule has 0 atom stereocenters. The van der Waals surface area contributed by atoms with E-state index in [-0.39, 0.29) is 42.8 Å². The van der Waals surface area contributed by atoms with Crippen LogP contribution in [-0.2, 0) is 40.1 Å². The summed E-state index contributed by atoms with van der Waals surface area (Å²) in [6, 6.07) is 31.5. The number of azo groups is 1. The van der Waals surface area contributed by atoms with E-state index in [1.54, 1.807) is 48.5 Å². The highest BCUT2D eigenvalue weighted by atomic mass is 35.5. The highest BCUT2D eigenvalue weighted by Crippen LogP contribution is 2.36. The van der Waals surface area contributed by atoms with Gasteiger partial charge in [-0.3, -0.25) is 19.1 Å². The first kappa shape index (κ1) is 40.4. The zero-order chi connectivity index (χ0) is 38.3. The summed E-state index contributed by atoms with van der Waals surface area (Å²) in [5, 5.41) is 14.8. The highest BCUT2D eigenvalue weighted by molar-refractivity contribution is 7.98. The molecule has 0 unspecified atom stereocenters. The first-order valence-corrected chi connectivity index (χ1v) is 20.0. The fourth-order valence-corrected chi connectivity index (χ4v) is 7.48. The molecular weight excluding hydrogens is 769 g/mol. The molecule has 0 radical (unpaired) electrons. The van der Waals surface area contributed by atoms with Crippen LogP contribution in [0.4, 0.5) is 5.69 Å². The van der Waals surface area contributed by atoms with E-state index in [9.17, 15) is 22.6 Å². The minimum absolute atomic E-state index is 0.0597. The summed E-state index contributed by atoms with van der Waals surface area (Å²) in [5.74, 6) is 0.612. The van der Waals surface area contributed by atoms with Crippen molar-refractivity contribution in [3.8, 4) is 5.75 Å². The van der Waals surface area contributed by atoms with Gasteiger partial charge >= 0.3 is 0 Å². The summed E-state index contributed by atoms with van der Waals surface area (Å²) in [6.07, 6.45) is 1.24. The number of nitrogens with one attached hydrogen (secondary N) is 2. The lowest BCUT2D eigenvalue weighted by Gasteiger charge is -2.13. The van der Waals surface area contributed by atoms with Crippen molar-refractivity contribution in [3.63, 3.8) is 0 Å². The number of hydrogen-bond donors (Lipinski definition) is 3. The zero-order valence-electron chi connectivity index (χ0n) is 29.0. The van der Waals surface area contributed by atoms with Crippen LogP contribution < -0.4 is 15.4 Å². The Morgan fingerprint density at radius 1 is 0.815 bits per heavy atom. The number of aromatic nitrogens is 1. The van der Waals surface area contributed by atoms with Crippen LogP contribution in [-0.4, -0.2) is 49.5 Å². The number of nitrogens with zero attached hydrogens (tertiary/aromatic N) is 3. The molecule has 0 aliphatic carbocycles. The minimum Gasteiger partial charge on any atom is -0.491 e. The fraction of sp³-hybridized carbons (Fsp3) is 0.205. The quantitative estimate of drug-likeness (QED) is 0.0345. The topological polar surface area (TPSA) is 159 Å². The Balaban J connectivity index is 1.09. The molecule has 0 fully saturated rings. The largest absolute Gasteiger partial charge is 0.491 e. The Hall–Kier alpha value is -4.79. The van der Waals surface area contributed by atoms with E-state index in [1.807, 2.05) is 42.5 Å². The number of hydrogen-bond acceptors (Lipinski definition) is 9. The minimum atomic E-state index is -4.38. The number of benzene rings is 4. The summed E-state index contributed by atoms with van der Waals surface area (Å²) in [5.41, 5.74) is 3.76. The van der Waals surface area contributed by atoms with E-state index in [4.69, 9.17) is 32.9 Å². The molecule has 0 saturated heterocycles. The lowest BCUT2D eigenvalue weighted by Crippen LogP contribution is -2.34. The van der Waals surface area contributed by atoms with Gasteiger partial charge in [-0.25, -0.2) is 0 Å². The van der Waals surface area contributed by atoms with Gasteiger partial charge in [0.05, 0.1) is 45.2 Å². The molecule has 2 amide bonds. The molecule has 4 aromatic carbocycles. The number of amides is 2. The van der Waals surface area contributed by atoms with E-state index in [2.05, 4.69) is 20.9 Å². The SMILES string of the molecule is O=C(CCc1nc(CSc2c(Cl)cccc2Cl)ccc1OCCc1ccccc1)NCCNC(=O)c1ccc(N=NCc2ccccc2S(=O)(=O)O)cc1. The lowest BCUT2D eigenvalue weighted by atomic mass is 10.1. The normalized spacial score (nSPS) is 11.4. The van der Waals surface area contributed by atoms with Gasteiger partial charge in [0.25, 0.3) is 16.0 Å². The molecule has 0 saturated carbocycles. The number of rotatable bonds is 18. The van der Waals surface area contributed by atoms with E-state index in [0.29, 0.717) is 57.1 Å². The first-order valence-electron chi connectivity index (χ1n) is 16.9. The number of ether oxygens (including phenoxy) is 1. The van der Waals surface area contributed by atoms with Crippen LogP contribution in [0.1, 0.15) is 39.3 Å². The summed E-state index contributed by atoms with van der Waals surface area (Å²) in [4.78, 5) is 30.9. The van der Waals surface area contributed by atoms with Crippen LogP contribution in [0.5, 0.6) is 5.75 Å². The van der Waals surface area contributed by atoms with Gasteiger partial charge in [-0.05, 0) is 65.7 Å². The van der Waals surface area contributed by atoms with Gasteiger partial charge in [-0.15, -0.1) is 11.8 Å². The van der Waals surface area contributed by atoms with E-state index in [1.165, 1.54) is 30.0 Å². The summed E-state index contributed by atoms with van der Waals surface area (Å²) in [7, 11) is -4.38. The number of carbonyl (C=O) groups is 2. The van der Waals surface area contributed by atoms with Crippen LogP contribution >= 0.6 is 35.0 Å². The van der Waals surface area contributed by atoms with Gasteiger partial charge in [-0.2, -0.15) is 18.6 Å². The molecule has 0 aliphatic rings. The van der Waals surface area contributed by atoms with Gasteiger partial charge in [0.1, 0.15) is 5.75 Å². The maximum absolute atomic E-state index is 12.8. The number of pyridine rings is 1. The average molecular weight is 807 g/mol. The Labute approximate surface area is 328 Å². The van der Waals surface area contributed by atoms with Crippen molar-refractivity contribution in [3.05, 3.63) is 147 Å². The molecule has 0 aliphatic heterocycles. The second-order valence-electron chi connectivity index (χ2n) is 11.8. The third-order valence-corrected chi connectivity index (χ3v) is 10.9. The van der Waals surface area contributed by atoms with Gasteiger partial charge in [0.15, 0.2) is 0 Å². The van der Waals surface area contributed by atoms with E-state index in [0.717, 1.165) is 22.6 Å². The third-order valence-electron chi connectivity index (χ3n) is 7.89. The van der Waals surface area contributed by atoms with Crippen molar-refractivity contribution >= 4 is 62.6 Å². The second-order valence-corrected chi connectivity index (χ2v) is 15.0.